The zero-order valence-corrected chi connectivity index (χ0v) is 10.8. The van der Waals surface area contributed by atoms with Crippen molar-refractivity contribution in [2.24, 2.45) is 0 Å². The van der Waals surface area contributed by atoms with Crippen molar-refractivity contribution >= 4 is 23.5 Å². The molecular formula is C11H18N2S2. The molecule has 0 atom stereocenters. The molecule has 1 aliphatic heterocycles. The van der Waals surface area contributed by atoms with Gasteiger partial charge in [-0.25, -0.2) is 4.98 Å². The molecule has 2 heterocycles. The predicted molar refractivity (Wildman–Crippen MR) is 69.4 cm³/mol. The summed E-state index contributed by atoms with van der Waals surface area (Å²) in [5.74, 6) is 2.64. The van der Waals surface area contributed by atoms with E-state index in [2.05, 4.69) is 46.2 Å². The number of imidazole rings is 1. The SMILES string of the molecule is CCCC1(Cn2ccnc2)SCCCS1. The third-order valence-electron chi connectivity index (χ3n) is 2.63. The minimum absolute atomic E-state index is 0.410. The first kappa shape index (κ1) is 11.4. The van der Waals surface area contributed by atoms with Crippen LogP contribution in [0.25, 0.3) is 0 Å². The van der Waals surface area contributed by atoms with E-state index in [1.807, 2.05) is 12.5 Å². The molecule has 84 valence electrons. The van der Waals surface area contributed by atoms with Gasteiger partial charge in [-0.05, 0) is 24.3 Å². The topological polar surface area (TPSA) is 17.8 Å². The number of hydrogen-bond acceptors (Lipinski definition) is 3. The average Bonchev–Trinajstić information content (AvgIpc) is 2.72. The quantitative estimate of drug-likeness (QED) is 0.807. The highest BCUT2D eigenvalue weighted by atomic mass is 32.2. The molecule has 2 rings (SSSR count). The van der Waals surface area contributed by atoms with Crippen LogP contribution >= 0.6 is 23.5 Å². The molecule has 1 saturated heterocycles. The van der Waals surface area contributed by atoms with E-state index in [1.54, 1.807) is 0 Å². The van der Waals surface area contributed by atoms with Gasteiger partial charge in [0.25, 0.3) is 0 Å². The van der Waals surface area contributed by atoms with Crippen molar-refractivity contribution in [1.29, 1.82) is 0 Å². The minimum atomic E-state index is 0.410. The smallest absolute Gasteiger partial charge is 0.0946 e. The van der Waals surface area contributed by atoms with Crippen LogP contribution in [0.3, 0.4) is 0 Å². The number of hydrogen-bond donors (Lipinski definition) is 0. The largest absolute Gasteiger partial charge is 0.335 e. The van der Waals surface area contributed by atoms with Crippen molar-refractivity contribution in [2.75, 3.05) is 11.5 Å². The van der Waals surface area contributed by atoms with Crippen molar-refractivity contribution in [2.45, 2.75) is 36.8 Å². The van der Waals surface area contributed by atoms with Crippen molar-refractivity contribution < 1.29 is 0 Å². The molecular weight excluding hydrogens is 224 g/mol. The Morgan fingerprint density at radius 2 is 2.20 bits per heavy atom. The zero-order valence-electron chi connectivity index (χ0n) is 9.19. The van der Waals surface area contributed by atoms with Gasteiger partial charge in [-0.1, -0.05) is 13.3 Å². The lowest BCUT2D eigenvalue weighted by Gasteiger charge is -2.36. The molecule has 1 aliphatic rings. The molecule has 0 saturated carbocycles. The fraction of sp³-hybridized carbons (Fsp3) is 0.727. The van der Waals surface area contributed by atoms with Crippen LogP contribution in [0.5, 0.6) is 0 Å². The molecule has 1 fully saturated rings. The Morgan fingerprint density at radius 1 is 1.40 bits per heavy atom. The monoisotopic (exact) mass is 242 g/mol. The highest BCUT2D eigenvalue weighted by molar-refractivity contribution is 8.18. The number of aromatic nitrogens is 2. The summed E-state index contributed by atoms with van der Waals surface area (Å²) in [6, 6.07) is 0. The molecule has 2 nitrogen and oxygen atoms in total. The van der Waals surface area contributed by atoms with Gasteiger partial charge in [-0.2, -0.15) is 0 Å². The first-order chi connectivity index (χ1) is 7.35. The van der Waals surface area contributed by atoms with Crippen molar-refractivity contribution in [3.63, 3.8) is 0 Å². The van der Waals surface area contributed by atoms with Gasteiger partial charge in [-0.3, -0.25) is 0 Å². The van der Waals surface area contributed by atoms with Crippen LogP contribution in [0.1, 0.15) is 26.2 Å². The second-order valence-electron chi connectivity index (χ2n) is 3.95. The van der Waals surface area contributed by atoms with Gasteiger partial charge in [-0.15, -0.1) is 23.5 Å². The van der Waals surface area contributed by atoms with Crippen LogP contribution in [0.15, 0.2) is 18.7 Å². The summed E-state index contributed by atoms with van der Waals surface area (Å²) in [7, 11) is 0. The Morgan fingerprint density at radius 3 is 2.80 bits per heavy atom. The van der Waals surface area contributed by atoms with Crippen LogP contribution in [0.4, 0.5) is 0 Å². The Hall–Kier alpha value is -0.0900. The molecule has 15 heavy (non-hydrogen) atoms. The summed E-state index contributed by atoms with van der Waals surface area (Å²) >= 11 is 4.30. The van der Waals surface area contributed by atoms with E-state index in [4.69, 9.17) is 0 Å². The lowest BCUT2D eigenvalue weighted by Crippen LogP contribution is -2.30. The molecule has 1 aromatic rings. The number of thioether (sulfide) groups is 2. The van der Waals surface area contributed by atoms with Crippen LogP contribution in [0.2, 0.25) is 0 Å². The maximum absolute atomic E-state index is 4.12. The maximum Gasteiger partial charge on any atom is 0.0946 e. The van der Waals surface area contributed by atoms with Crippen LogP contribution in [-0.4, -0.2) is 25.1 Å². The molecule has 0 aromatic carbocycles. The van der Waals surface area contributed by atoms with Gasteiger partial charge in [0.15, 0.2) is 0 Å². The van der Waals surface area contributed by atoms with E-state index < -0.39 is 0 Å². The third-order valence-corrected chi connectivity index (χ3v) is 6.04. The summed E-state index contributed by atoms with van der Waals surface area (Å²) in [5, 5.41) is 0. The molecule has 4 heteroatoms. The van der Waals surface area contributed by atoms with Gasteiger partial charge >= 0.3 is 0 Å². The van der Waals surface area contributed by atoms with E-state index in [9.17, 15) is 0 Å². The zero-order chi connectivity index (χ0) is 10.6. The second kappa shape index (κ2) is 5.30. The Bertz CT molecular complexity index is 273. The van der Waals surface area contributed by atoms with Crippen LogP contribution < -0.4 is 0 Å². The van der Waals surface area contributed by atoms with Gasteiger partial charge in [0.1, 0.15) is 0 Å². The first-order valence-electron chi connectivity index (χ1n) is 5.58. The Kier molecular flexibility index (Phi) is 4.03. The van der Waals surface area contributed by atoms with Gasteiger partial charge in [0, 0.05) is 18.9 Å². The highest BCUT2D eigenvalue weighted by Crippen LogP contribution is 2.46. The van der Waals surface area contributed by atoms with Crippen LogP contribution in [0, 0.1) is 0 Å². The molecule has 0 aliphatic carbocycles. The second-order valence-corrected chi connectivity index (χ2v) is 7.16. The van der Waals surface area contributed by atoms with Crippen molar-refractivity contribution in [3.05, 3.63) is 18.7 Å². The summed E-state index contributed by atoms with van der Waals surface area (Å²) in [6.45, 7) is 3.39. The summed E-state index contributed by atoms with van der Waals surface area (Å²) < 4.78 is 2.63. The lowest BCUT2D eigenvalue weighted by molar-refractivity contribution is 0.579. The van der Waals surface area contributed by atoms with Gasteiger partial charge < -0.3 is 4.57 Å². The van der Waals surface area contributed by atoms with Gasteiger partial charge in [0.2, 0.25) is 0 Å². The summed E-state index contributed by atoms with van der Waals surface area (Å²) in [5.41, 5.74) is 0. The first-order valence-corrected chi connectivity index (χ1v) is 7.55. The lowest BCUT2D eigenvalue weighted by atomic mass is 10.2. The van der Waals surface area contributed by atoms with Crippen LogP contribution in [-0.2, 0) is 6.54 Å². The number of rotatable bonds is 4. The number of nitrogens with zero attached hydrogens (tertiary/aromatic N) is 2. The van der Waals surface area contributed by atoms with E-state index in [1.165, 1.54) is 30.8 Å². The fourth-order valence-corrected chi connectivity index (χ4v) is 5.49. The fourth-order valence-electron chi connectivity index (χ4n) is 1.97. The molecule has 0 N–H and O–H groups in total. The van der Waals surface area contributed by atoms with E-state index in [0.29, 0.717) is 4.08 Å². The van der Waals surface area contributed by atoms with E-state index in [-0.39, 0.29) is 0 Å². The Balaban J connectivity index is 2.04. The molecule has 1 aromatic heterocycles. The highest BCUT2D eigenvalue weighted by Gasteiger charge is 2.32. The van der Waals surface area contributed by atoms with E-state index in [0.717, 1.165) is 6.54 Å². The predicted octanol–water partition coefficient (Wildman–Crippen LogP) is 3.25. The summed E-state index contributed by atoms with van der Waals surface area (Å²) in [6.07, 6.45) is 9.83. The van der Waals surface area contributed by atoms with E-state index >= 15 is 0 Å². The summed E-state index contributed by atoms with van der Waals surface area (Å²) in [4.78, 5) is 4.12. The van der Waals surface area contributed by atoms with Gasteiger partial charge in [0.05, 0.1) is 10.4 Å². The normalized spacial score (nSPS) is 20.3. The Labute approximate surface area is 100 Å². The van der Waals surface area contributed by atoms with Crippen molar-refractivity contribution in [3.8, 4) is 0 Å². The molecule has 0 spiro atoms. The minimum Gasteiger partial charge on any atom is -0.335 e. The molecule has 0 amide bonds. The van der Waals surface area contributed by atoms with Crippen molar-refractivity contribution in [1.82, 2.24) is 9.55 Å². The third kappa shape index (κ3) is 2.94. The molecule has 0 radical (unpaired) electrons. The molecule has 0 unspecified atom stereocenters. The maximum atomic E-state index is 4.12. The standard InChI is InChI=1S/C11H18N2S2/c1-2-4-11(14-7-3-8-15-11)9-13-6-5-12-10-13/h5-6,10H,2-4,7-9H2,1H3. The average molecular weight is 242 g/mol. The molecule has 0 bridgehead atoms.